The maximum Gasteiger partial charge on any atom is 0.255 e. The summed E-state index contributed by atoms with van der Waals surface area (Å²) in [6.45, 7) is 7.56. The SMILES string of the molecule is C=C1CCC(N2Cc3cc(C[C@H]4CCCC[C@@H]4NCC)ccc3C2=O)C(=O)N1. The lowest BCUT2D eigenvalue weighted by Gasteiger charge is -2.32. The number of carbonyl (C=O) groups is 2. The van der Waals surface area contributed by atoms with E-state index in [2.05, 4.69) is 36.3 Å². The summed E-state index contributed by atoms with van der Waals surface area (Å²) in [5.41, 5.74) is 3.88. The van der Waals surface area contributed by atoms with Gasteiger partial charge in [0.1, 0.15) is 6.04 Å². The van der Waals surface area contributed by atoms with Gasteiger partial charge < -0.3 is 15.5 Å². The van der Waals surface area contributed by atoms with Crippen LogP contribution < -0.4 is 10.6 Å². The van der Waals surface area contributed by atoms with Crippen LogP contribution in [-0.2, 0) is 17.8 Å². The van der Waals surface area contributed by atoms with Gasteiger partial charge in [-0.3, -0.25) is 9.59 Å². The summed E-state index contributed by atoms with van der Waals surface area (Å²) >= 11 is 0. The van der Waals surface area contributed by atoms with Crippen LogP contribution in [0.5, 0.6) is 0 Å². The first kappa shape index (κ1) is 19.2. The van der Waals surface area contributed by atoms with Crippen molar-refractivity contribution in [2.45, 2.75) is 70.5 Å². The molecule has 1 aromatic rings. The summed E-state index contributed by atoms with van der Waals surface area (Å²) in [5.74, 6) is 0.542. The Morgan fingerprint density at radius 2 is 2.04 bits per heavy atom. The number of benzene rings is 1. The summed E-state index contributed by atoms with van der Waals surface area (Å²) in [7, 11) is 0. The van der Waals surface area contributed by atoms with Crippen LogP contribution in [0.15, 0.2) is 30.5 Å². The summed E-state index contributed by atoms with van der Waals surface area (Å²) in [6, 6.07) is 6.50. The number of rotatable bonds is 5. The van der Waals surface area contributed by atoms with Gasteiger partial charge in [-0.15, -0.1) is 0 Å². The van der Waals surface area contributed by atoms with Gasteiger partial charge >= 0.3 is 0 Å². The second-order valence-electron chi connectivity index (χ2n) is 8.48. The van der Waals surface area contributed by atoms with E-state index in [0.717, 1.165) is 36.2 Å². The van der Waals surface area contributed by atoms with Gasteiger partial charge in [-0.1, -0.05) is 38.5 Å². The minimum absolute atomic E-state index is 0.0163. The van der Waals surface area contributed by atoms with Crippen molar-refractivity contribution < 1.29 is 9.59 Å². The molecule has 28 heavy (non-hydrogen) atoms. The van der Waals surface area contributed by atoms with Crippen LogP contribution in [-0.4, -0.2) is 35.3 Å². The van der Waals surface area contributed by atoms with Crippen LogP contribution >= 0.6 is 0 Å². The number of piperidine rings is 1. The first-order valence-corrected chi connectivity index (χ1v) is 10.7. The molecule has 2 amide bonds. The number of hydrogen-bond donors (Lipinski definition) is 2. The van der Waals surface area contributed by atoms with Crippen molar-refractivity contribution in [3.63, 3.8) is 0 Å². The predicted molar refractivity (Wildman–Crippen MR) is 110 cm³/mol. The molecule has 3 atom stereocenters. The third kappa shape index (κ3) is 3.72. The number of carbonyl (C=O) groups excluding carboxylic acids is 2. The third-order valence-electron chi connectivity index (χ3n) is 6.57. The minimum Gasteiger partial charge on any atom is -0.329 e. The highest BCUT2D eigenvalue weighted by Crippen LogP contribution is 2.32. The van der Waals surface area contributed by atoms with E-state index < -0.39 is 0 Å². The monoisotopic (exact) mass is 381 g/mol. The quantitative estimate of drug-likeness (QED) is 0.824. The Bertz CT molecular complexity index is 786. The molecule has 5 nitrogen and oxygen atoms in total. The summed E-state index contributed by atoms with van der Waals surface area (Å²) in [5, 5.41) is 6.46. The van der Waals surface area contributed by atoms with Crippen molar-refractivity contribution in [2.24, 2.45) is 5.92 Å². The molecule has 0 aromatic heterocycles. The Hall–Kier alpha value is -2.14. The first-order chi connectivity index (χ1) is 13.6. The van der Waals surface area contributed by atoms with Crippen LogP contribution in [0.25, 0.3) is 0 Å². The summed E-state index contributed by atoms with van der Waals surface area (Å²) in [6.07, 6.45) is 7.61. The first-order valence-electron chi connectivity index (χ1n) is 10.7. The standard InChI is InChI=1S/C23H31N3O2/c1-3-24-20-7-5-4-6-17(20)12-16-9-10-19-18(13-16)14-26(23(19)28)21-11-8-15(2)25-22(21)27/h9-10,13,17,20-21,24H,2-8,11-12,14H2,1H3,(H,25,27)/t17-,20+,21?/m1/s1. The summed E-state index contributed by atoms with van der Waals surface area (Å²) in [4.78, 5) is 27.0. The molecule has 3 aliphatic rings. The molecule has 4 rings (SSSR count). The number of amides is 2. The number of fused-ring (bicyclic) bond motifs is 1. The zero-order chi connectivity index (χ0) is 19.7. The molecule has 2 heterocycles. The fraction of sp³-hybridized carbons (Fsp3) is 0.565. The van der Waals surface area contributed by atoms with E-state index in [0.29, 0.717) is 24.9 Å². The van der Waals surface area contributed by atoms with E-state index in [1.54, 1.807) is 4.90 Å². The number of nitrogens with zero attached hydrogens (tertiary/aromatic N) is 1. The van der Waals surface area contributed by atoms with E-state index in [1.165, 1.54) is 31.2 Å². The van der Waals surface area contributed by atoms with Gasteiger partial charge in [0.25, 0.3) is 5.91 Å². The molecule has 2 fully saturated rings. The highest BCUT2D eigenvalue weighted by Gasteiger charge is 2.38. The minimum atomic E-state index is -0.384. The number of nitrogens with one attached hydrogen (secondary N) is 2. The highest BCUT2D eigenvalue weighted by molar-refractivity contribution is 6.01. The van der Waals surface area contributed by atoms with E-state index in [4.69, 9.17) is 0 Å². The topological polar surface area (TPSA) is 61.4 Å². The van der Waals surface area contributed by atoms with Crippen LogP contribution in [0.1, 0.15) is 66.9 Å². The molecule has 0 radical (unpaired) electrons. The van der Waals surface area contributed by atoms with Gasteiger partial charge in [0, 0.05) is 23.8 Å². The molecule has 1 saturated carbocycles. The van der Waals surface area contributed by atoms with E-state index in [9.17, 15) is 9.59 Å². The lowest BCUT2D eigenvalue weighted by atomic mass is 9.80. The van der Waals surface area contributed by atoms with Gasteiger partial charge in [-0.05, 0) is 61.8 Å². The lowest BCUT2D eigenvalue weighted by Crippen LogP contribution is -2.49. The second-order valence-corrected chi connectivity index (χ2v) is 8.48. The molecule has 2 N–H and O–H groups in total. The maximum atomic E-state index is 12.9. The average Bonchev–Trinajstić information content (AvgIpc) is 2.99. The molecule has 1 saturated heterocycles. The molecular formula is C23H31N3O2. The van der Waals surface area contributed by atoms with E-state index in [1.807, 2.05) is 6.07 Å². The Kier molecular flexibility index (Phi) is 5.54. The van der Waals surface area contributed by atoms with Crippen LogP contribution in [0.4, 0.5) is 0 Å². The highest BCUT2D eigenvalue weighted by atomic mass is 16.2. The fourth-order valence-electron chi connectivity index (χ4n) is 5.12. The summed E-state index contributed by atoms with van der Waals surface area (Å²) < 4.78 is 0. The Morgan fingerprint density at radius 1 is 1.21 bits per heavy atom. The third-order valence-corrected chi connectivity index (χ3v) is 6.57. The van der Waals surface area contributed by atoms with Gasteiger partial charge in [0.2, 0.25) is 5.91 Å². The van der Waals surface area contributed by atoms with Gasteiger partial charge in [0.05, 0.1) is 0 Å². The van der Waals surface area contributed by atoms with Crippen molar-refractivity contribution in [1.29, 1.82) is 0 Å². The Morgan fingerprint density at radius 3 is 2.82 bits per heavy atom. The Balaban J connectivity index is 1.48. The van der Waals surface area contributed by atoms with Gasteiger partial charge in [0.15, 0.2) is 0 Å². The molecule has 5 heteroatoms. The molecule has 2 aliphatic heterocycles. The van der Waals surface area contributed by atoms with Crippen LogP contribution in [0.2, 0.25) is 0 Å². The average molecular weight is 382 g/mol. The number of hydrogen-bond acceptors (Lipinski definition) is 3. The van der Waals surface area contributed by atoms with Gasteiger partial charge in [-0.2, -0.15) is 0 Å². The largest absolute Gasteiger partial charge is 0.329 e. The van der Waals surface area contributed by atoms with Crippen LogP contribution in [0, 0.1) is 5.92 Å². The normalized spacial score (nSPS) is 27.7. The van der Waals surface area contributed by atoms with Crippen molar-refractivity contribution in [3.05, 3.63) is 47.2 Å². The molecule has 0 spiro atoms. The molecular weight excluding hydrogens is 350 g/mol. The van der Waals surface area contributed by atoms with Crippen molar-refractivity contribution in [1.82, 2.24) is 15.5 Å². The van der Waals surface area contributed by atoms with Crippen LogP contribution in [0.3, 0.4) is 0 Å². The number of allylic oxidation sites excluding steroid dienone is 1. The molecule has 1 aliphatic carbocycles. The van der Waals surface area contributed by atoms with Crippen molar-refractivity contribution in [3.8, 4) is 0 Å². The molecule has 1 aromatic carbocycles. The zero-order valence-corrected chi connectivity index (χ0v) is 16.8. The van der Waals surface area contributed by atoms with Crippen molar-refractivity contribution in [2.75, 3.05) is 6.54 Å². The molecule has 1 unspecified atom stereocenters. The Labute approximate surface area is 167 Å². The lowest BCUT2D eigenvalue weighted by molar-refractivity contribution is -0.126. The van der Waals surface area contributed by atoms with Gasteiger partial charge in [-0.25, -0.2) is 0 Å². The van der Waals surface area contributed by atoms with E-state index in [-0.39, 0.29) is 17.9 Å². The maximum absolute atomic E-state index is 12.9. The molecule has 0 bridgehead atoms. The fourth-order valence-corrected chi connectivity index (χ4v) is 5.12. The predicted octanol–water partition coefficient (Wildman–Crippen LogP) is 3.15. The second kappa shape index (κ2) is 8.08. The van der Waals surface area contributed by atoms with E-state index >= 15 is 0 Å². The molecule has 150 valence electrons. The zero-order valence-electron chi connectivity index (χ0n) is 16.8. The van der Waals surface area contributed by atoms with Crippen molar-refractivity contribution >= 4 is 11.8 Å². The smallest absolute Gasteiger partial charge is 0.255 e.